The predicted molar refractivity (Wildman–Crippen MR) is 62.5 cm³/mol. The van der Waals surface area contributed by atoms with E-state index in [1.807, 2.05) is 12.1 Å². The van der Waals surface area contributed by atoms with Crippen LogP contribution in [0.25, 0.3) is 0 Å². The summed E-state index contributed by atoms with van der Waals surface area (Å²) >= 11 is 0. The second-order valence-electron chi connectivity index (χ2n) is 3.63. The number of hydrogen-bond acceptors (Lipinski definition) is 1. The summed E-state index contributed by atoms with van der Waals surface area (Å²) in [7, 11) is 0. The first-order valence-corrected chi connectivity index (χ1v) is 5.63. The zero-order valence-corrected chi connectivity index (χ0v) is 9.05. The SMILES string of the molecule is CCCCCCCNc1cc[c]cc1. The molecule has 1 nitrogen and oxygen atoms in total. The number of rotatable bonds is 7. The minimum atomic E-state index is 1.09. The van der Waals surface area contributed by atoms with Gasteiger partial charge in [0.15, 0.2) is 0 Å². The van der Waals surface area contributed by atoms with Gasteiger partial charge in [-0.2, -0.15) is 0 Å². The van der Waals surface area contributed by atoms with Crippen LogP contribution in [0.2, 0.25) is 0 Å². The Hall–Kier alpha value is -0.980. The van der Waals surface area contributed by atoms with Crippen LogP contribution in [0.1, 0.15) is 39.0 Å². The van der Waals surface area contributed by atoms with Gasteiger partial charge in [0.25, 0.3) is 0 Å². The molecule has 1 aromatic rings. The number of hydrogen-bond donors (Lipinski definition) is 1. The van der Waals surface area contributed by atoms with E-state index in [0.29, 0.717) is 0 Å². The van der Waals surface area contributed by atoms with Gasteiger partial charge in [0.05, 0.1) is 0 Å². The van der Waals surface area contributed by atoms with E-state index in [-0.39, 0.29) is 0 Å². The van der Waals surface area contributed by atoms with Gasteiger partial charge in [-0.1, -0.05) is 44.7 Å². The van der Waals surface area contributed by atoms with Crippen LogP contribution in [0, 0.1) is 6.07 Å². The molecule has 0 aliphatic rings. The minimum Gasteiger partial charge on any atom is -0.385 e. The van der Waals surface area contributed by atoms with E-state index >= 15 is 0 Å². The van der Waals surface area contributed by atoms with Gasteiger partial charge < -0.3 is 5.32 Å². The third-order valence-electron chi connectivity index (χ3n) is 2.33. The molecule has 77 valence electrons. The van der Waals surface area contributed by atoms with E-state index < -0.39 is 0 Å². The van der Waals surface area contributed by atoms with E-state index in [4.69, 9.17) is 0 Å². The van der Waals surface area contributed by atoms with Crippen LogP contribution in [0.15, 0.2) is 24.3 Å². The highest BCUT2D eigenvalue weighted by molar-refractivity contribution is 5.41. The summed E-state index contributed by atoms with van der Waals surface area (Å²) in [4.78, 5) is 0. The summed E-state index contributed by atoms with van der Waals surface area (Å²) < 4.78 is 0. The highest BCUT2D eigenvalue weighted by Crippen LogP contribution is 2.06. The summed E-state index contributed by atoms with van der Waals surface area (Å²) in [6.45, 7) is 3.34. The maximum absolute atomic E-state index is 3.40. The normalized spacial score (nSPS) is 10.1. The summed E-state index contributed by atoms with van der Waals surface area (Å²) in [5.74, 6) is 0. The lowest BCUT2D eigenvalue weighted by atomic mass is 10.1. The third kappa shape index (κ3) is 4.90. The van der Waals surface area contributed by atoms with Crippen LogP contribution >= 0.6 is 0 Å². The second-order valence-corrected chi connectivity index (χ2v) is 3.63. The lowest BCUT2D eigenvalue weighted by Gasteiger charge is -2.05. The van der Waals surface area contributed by atoms with Crippen molar-refractivity contribution in [3.05, 3.63) is 30.3 Å². The van der Waals surface area contributed by atoms with Crippen molar-refractivity contribution in [2.45, 2.75) is 39.0 Å². The van der Waals surface area contributed by atoms with Crippen LogP contribution in [0.4, 0.5) is 5.69 Å². The number of anilines is 1. The van der Waals surface area contributed by atoms with E-state index in [1.165, 1.54) is 37.8 Å². The quantitative estimate of drug-likeness (QED) is 0.644. The van der Waals surface area contributed by atoms with Crippen LogP contribution in [-0.2, 0) is 0 Å². The minimum absolute atomic E-state index is 1.09. The van der Waals surface area contributed by atoms with Crippen molar-refractivity contribution in [1.29, 1.82) is 0 Å². The standard InChI is InChI=1S/C13H20N/c1-2-3-4-5-9-12-14-13-10-7-6-8-11-13/h7-8,10-11,14H,2-5,9,12H2,1H3. The summed E-state index contributed by atoms with van der Waals surface area (Å²) in [5.41, 5.74) is 1.21. The Labute approximate surface area is 87.5 Å². The smallest absolute Gasteiger partial charge is 0.0340 e. The summed E-state index contributed by atoms with van der Waals surface area (Å²) in [6, 6.07) is 11.0. The largest absolute Gasteiger partial charge is 0.385 e. The van der Waals surface area contributed by atoms with Gasteiger partial charge in [0.1, 0.15) is 0 Å². The first-order valence-electron chi connectivity index (χ1n) is 5.63. The Balaban J connectivity index is 1.99. The lowest BCUT2D eigenvalue weighted by Crippen LogP contribution is -2.00. The fourth-order valence-electron chi connectivity index (χ4n) is 1.47. The van der Waals surface area contributed by atoms with E-state index in [2.05, 4.69) is 30.4 Å². The predicted octanol–water partition coefficient (Wildman–Crippen LogP) is 3.87. The Morgan fingerprint density at radius 2 is 1.79 bits per heavy atom. The van der Waals surface area contributed by atoms with Gasteiger partial charge in [0.2, 0.25) is 0 Å². The zero-order chi connectivity index (χ0) is 10.1. The Morgan fingerprint density at radius 1 is 1.07 bits per heavy atom. The van der Waals surface area contributed by atoms with Crippen molar-refractivity contribution in [2.24, 2.45) is 0 Å². The van der Waals surface area contributed by atoms with Crippen LogP contribution in [0.3, 0.4) is 0 Å². The molecule has 0 saturated heterocycles. The number of nitrogens with one attached hydrogen (secondary N) is 1. The Kier molecular flexibility index (Phi) is 5.89. The maximum atomic E-state index is 3.40. The fourth-order valence-corrected chi connectivity index (χ4v) is 1.47. The molecular weight excluding hydrogens is 170 g/mol. The highest BCUT2D eigenvalue weighted by atomic mass is 14.9. The van der Waals surface area contributed by atoms with Crippen LogP contribution in [0.5, 0.6) is 0 Å². The summed E-state index contributed by atoms with van der Waals surface area (Å²) in [6.07, 6.45) is 6.70. The van der Waals surface area contributed by atoms with E-state index in [9.17, 15) is 0 Å². The molecule has 0 amide bonds. The van der Waals surface area contributed by atoms with Gasteiger partial charge in [0, 0.05) is 12.2 Å². The van der Waals surface area contributed by atoms with Crippen LogP contribution < -0.4 is 5.32 Å². The molecule has 0 spiro atoms. The number of unbranched alkanes of at least 4 members (excludes halogenated alkanes) is 4. The molecule has 0 unspecified atom stereocenters. The van der Waals surface area contributed by atoms with Crippen LogP contribution in [-0.4, -0.2) is 6.54 Å². The maximum Gasteiger partial charge on any atom is 0.0340 e. The summed E-state index contributed by atoms with van der Waals surface area (Å²) in [5, 5.41) is 3.40. The van der Waals surface area contributed by atoms with Gasteiger partial charge in [-0.05, 0) is 24.6 Å². The first-order chi connectivity index (χ1) is 6.93. The molecule has 0 aromatic heterocycles. The molecule has 1 aromatic carbocycles. The zero-order valence-electron chi connectivity index (χ0n) is 9.05. The van der Waals surface area contributed by atoms with Crippen molar-refractivity contribution >= 4 is 5.69 Å². The molecule has 14 heavy (non-hydrogen) atoms. The molecule has 0 saturated carbocycles. The van der Waals surface area contributed by atoms with E-state index in [1.54, 1.807) is 0 Å². The van der Waals surface area contributed by atoms with Crippen molar-refractivity contribution < 1.29 is 0 Å². The second kappa shape index (κ2) is 7.43. The average Bonchev–Trinajstić information content (AvgIpc) is 2.25. The molecule has 1 rings (SSSR count). The molecule has 0 aliphatic carbocycles. The molecule has 0 bridgehead atoms. The monoisotopic (exact) mass is 190 g/mol. The van der Waals surface area contributed by atoms with Gasteiger partial charge in [-0.15, -0.1) is 0 Å². The Morgan fingerprint density at radius 3 is 2.50 bits per heavy atom. The molecule has 0 aliphatic heterocycles. The van der Waals surface area contributed by atoms with Gasteiger partial charge >= 0.3 is 0 Å². The van der Waals surface area contributed by atoms with E-state index in [0.717, 1.165) is 6.54 Å². The molecule has 1 radical (unpaired) electrons. The molecule has 0 heterocycles. The molecule has 1 N–H and O–H groups in total. The van der Waals surface area contributed by atoms with Gasteiger partial charge in [-0.25, -0.2) is 0 Å². The van der Waals surface area contributed by atoms with Crippen molar-refractivity contribution in [1.82, 2.24) is 0 Å². The lowest BCUT2D eigenvalue weighted by molar-refractivity contribution is 0.645. The first kappa shape index (κ1) is 11.1. The van der Waals surface area contributed by atoms with Crippen molar-refractivity contribution in [2.75, 3.05) is 11.9 Å². The third-order valence-corrected chi connectivity index (χ3v) is 2.33. The van der Waals surface area contributed by atoms with Gasteiger partial charge in [-0.3, -0.25) is 0 Å². The topological polar surface area (TPSA) is 12.0 Å². The molecule has 1 heteroatoms. The van der Waals surface area contributed by atoms with Crippen molar-refractivity contribution in [3.8, 4) is 0 Å². The fraction of sp³-hybridized carbons (Fsp3) is 0.538. The van der Waals surface area contributed by atoms with Crippen molar-refractivity contribution in [3.63, 3.8) is 0 Å². The molecule has 0 atom stereocenters. The molecule has 0 fully saturated rings. The number of benzene rings is 1. The Bertz CT molecular complexity index is 218. The molecular formula is C13H20N. The average molecular weight is 190 g/mol. The highest BCUT2D eigenvalue weighted by Gasteiger charge is 1.90.